The molecule has 1 aromatic rings. The highest BCUT2D eigenvalue weighted by molar-refractivity contribution is 6.30. The summed E-state index contributed by atoms with van der Waals surface area (Å²) in [6.45, 7) is 1.44. The molecule has 0 aromatic heterocycles. The number of nitrogens with zero attached hydrogens (tertiary/aromatic N) is 1. The smallest absolute Gasteiger partial charge is 0.273 e. The van der Waals surface area contributed by atoms with Gasteiger partial charge in [-0.15, -0.1) is 0 Å². The zero-order valence-corrected chi connectivity index (χ0v) is 10.2. The lowest BCUT2D eigenvalue weighted by Crippen LogP contribution is -2.27. The predicted molar refractivity (Wildman–Crippen MR) is 67.2 cm³/mol. The zero-order chi connectivity index (χ0) is 12.3. The monoisotopic (exact) mass is 254 g/mol. The van der Waals surface area contributed by atoms with Crippen LogP contribution < -0.4 is 5.32 Å². The molecule has 0 amide bonds. The van der Waals surface area contributed by atoms with Gasteiger partial charge < -0.3 is 5.32 Å². The number of nitro groups is 1. The first-order valence-electron chi connectivity index (χ1n) is 5.80. The Labute approximate surface area is 105 Å². The second-order valence-electron chi connectivity index (χ2n) is 4.46. The van der Waals surface area contributed by atoms with Gasteiger partial charge in [0.1, 0.15) is 0 Å². The van der Waals surface area contributed by atoms with E-state index >= 15 is 0 Å². The van der Waals surface area contributed by atoms with Crippen molar-refractivity contribution in [2.75, 3.05) is 6.54 Å². The van der Waals surface area contributed by atoms with E-state index in [4.69, 9.17) is 11.6 Å². The lowest BCUT2D eigenvalue weighted by Gasteiger charge is -2.25. The van der Waals surface area contributed by atoms with Crippen LogP contribution >= 0.6 is 11.6 Å². The fourth-order valence-corrected chi connectivity index (χ4v) is 2.18. The van der Waals surface area contributed by atoms with E-state index in [0.29, 0.717) is 17.1 Å². The van der Waals surface area contributed by atoms with Crippen LogP contribution in [0.15, 0.2) is 18.2 Å². The maximum atomic E-state index is 10.8. The van der Waals surface area contributed by atoms with Gasteiger partial charge in [0.05, 0.1) is 4.92 Å². The Balaban J connectivity index is 1.97. The minimum absolute atomic E-state index is 0.135. The van der Waals surface area contributed by atoms with Crippen LogP contribution in [0.2, 0.25) is 5.02 Å². The topological polar surface area (TPSA) is 55.2 Å². The Morgan fingerprint density at radius 2 is 2.24 bits per heavy atom. The van der Waals surface area contributed by atoms with Crippen molar-refractivity contribution in [3.05, 3.63) is 38.9 Å². The Morgan fingerprint density at radius 1 is 1.47 bits per heavy atom. The van der Waals surface area contributed by atoms with E-state index in [2.05, 4.69) is 5.32 Å². The summed E-state index contributed by atoms with van der Waals surface area (Å²) in [5, 5.41) is 14.6. The molecule has 0 heterocycles. The van der Waals surface area contributed by atoms with E-state index in [1.165, 1.54) is 25.3 Å². The largest absolute Gasteiger partial charge is 0.312 e. The van der Waals surface area contributed by atoms with E-state index in [-0.39, 0.29) is 10.6 Å². The van der Waals surface area contributed by atoms with Gasteiger partial charge in [-0.1, -0.05) is 18.0 Å². The van der Waals surface area contributed by atoms with E-state index in [1.807, 2.05) is 0 Å². The molecular formula is C12H15ClN2O2. The summed E-state index contributed by atoms with van der Waals surface area (Å²) in [5.74, 6) is 0.744. The van der Waals surface area contributed by atoms with Crippen LogP contribution in [0.1, 0.15) is 24.8 Å². The minimum atomic E-state index is -0.364. The molecule has 1 N–H and O–H groups in total. The van der Waals surface area contributed by atoms with Gasteiger partial charge in [0.15, 0.2) is 0 Å². The van der Waals surface area contributed by atoms with Gasteiger partial charge in [-0.3, -0.25) is 10.1 Å². The van der Waals surface area contributed by atoms with Gasteiger partial charge in [-0.05, 0) is 37.4 Å². The van der Waals surface area contributed by atoms with Gasteiger partial charge in [0, 0.05) is 23.2 Å². The summed E-state index contributed by atoms with van der Waals surface area (Å²) in [7, 11) is 0. The van der Waals surface area contributed by atoms with E-state index in [9.17, 15) is 10.1 Å². The second-order valence-corrected chi connectivity index (χ2v) is 4.89. The number of nitro benzene ring substituents is 1. The van der Waals surface area contributed by atoms with Gasteiger partial charge in [0.25, 0.3) is 5.69 Å². The first-order chi connectivity index (χ1) is 8.16. The molecule has 0 atom stereocenters. The van der Waals surface area contributed by atoms with Crippen LogP contribution in [0.5, 0.6) is 0 Å². The molecule has 0 aliphatic heterocycles. The van der Waals surface area contributed by atoms with E-state index in [0.717, 1.165) is 12.5 Å². The number of rotatable bonds is 5. The SMILES string of the molecule is O=[N+]([O-])c1ccc(Cl)cc1CNCC1CCC1. The third kappa shape index (κ3) is 3.17. The quantitative estimate of drug-likeness (QED) is 0.649. The van der Waals surface area contributed by atoms with Crippen LogP contribution in [-0.4, -0.2) is 11.5 Å². The molecule has 1 saturated carbocycles. The van der Waals surface area contributed by atoms with Crippen LogP contribution in [0, 0.1) is 16.0 Å². The maximum Gasteiger partial charge on any atom is 0.273 e. The Kier molecular flexibility index (Phi) is 3.97. The van der Waals surface area contributed by atoms with Crippen molar-refractivity contribution < 1.29 is 4.92 Å². The molecule has 1 aliphatic carbocycles. The summed E-state index contributed by atoms with van der Waals surface area (Å²) >= 11 is 5.85. The predicted octanol–water partition coefficient (Wildman–Crippen LogP) is 3.14. The molecule has 4 nitrogen and oxygen atoms in total. The molecule has 1 aromatic carbocycles. The molecule has 1 aliphatic rings. The molecular weight excluding hydrogens is 240 g/mol. The number of hydrogen-bond donors (Lipinski definition) is 1. The highest BCUT2D eigenvalue weighted by Crippen LogP contribution is 2.26. The van der Waals surface area contributed by atoms with E-state index < -0.39 is 0 Å². The van der Waals surface area contributed by atoms with E-state index in [1.54, 1.807) is 12.1 Å². The van der Waals surface area contributed by atoms with Crippen LogP contribution in [-0.2, 0) is 6.54 Å². The standard InChI is InChI=1S/C12H15ClN2O2/c13-11-4-5-12(15(16)17)10(6-11)8-14-7-9-2-1-3-9/h4-6,9,14H,1-3,7-8H2. The van der Waals surface area contributed by atoms with Crippen LogP contribution in [0.25, 0.3) is 0 Å². The summed E-state index contributed by atoms with van der Waals surface area (Å²) in [5.41, 5.74) is 0.789. The molecule has 0 spiro atoms. The summed E-state index contributed by atoms with van der Waals surface area (Å²) in [6, 6.07) is 4.67. The summed E-state index contributed by atoms with van der Waals surface area (Å²) < 4.78 is 0. The van der Waals surface area contributed by atoms with Gasteiger partial charge in [-0.2, -0.15) is 0 Å². The second kappa shape index (κ2) is 5.47. The molecule has 0 bridgehead atoms. The fourth-order valence-electron chi connectivity index (χ4n) is 1.98. The molecule has 0 saturated heterocycles. The number of benzene rings is 1. The summed E-state index contributed by atoms with van der Waals surface area (Å²) in [6.07, 6.45) is 3.85. The minimum Gasteiger partial charge on any atom is -0.312 e. The molecule has 5 heteroatoms. The van der Waals surface area contributed by atoms with Crippen molar-refractivity contribution in [3.8, 4) is 0 Å². The van der Waals surface area contributed by atoms with Gasteiger partial charge >= 0.3 is 0 Å². The van der Waals surface area contributed by atoms with Crippen molar-refractivity contribution in [2.24, 2.45) is 5.92 Å². The van der Waals surface area contributed by atoms with Gasteiger partial charge in [0.2, 0.25) is 0 Å². The molecule has 0 radical (unpaired) electrons. The van der Waals surface area contributed by atoms with Crippen molar-refractivity contribution in [2.45, 2.75) is 25.8 Å². The Bertz CT molecular complexity index is 419. The molecule has 92 valence electrons. The van der Waals surface area contributed by atoms with Crippen molar-refractivity contribution in [1.29, 1.82) is 0 Å². The van der Waals surface area contributed by atoms with Crippen LogP contribution in [0.4, 0.5) is 5.69 Å². The first kappa shape index (κ1) is 12.3. The number of hydrogen-bond acceptors (Lipinski definition) is 3. The normalized spacial score (nSPS) is 15.6. The average molecular weight is 255 g/mol. The molecule has 0 unspecified atom stereocenters. The highest BCUT2D eigenvalue weighted by Gasteiger charge is 2.18. The Hall–Kier alpha value is -1.13. The van der Waals surface area contributed by atoms with Crippen molar-refractivity contribution in [1.82, 2.24) is 5.32 Å². The lowest BCUT2D eigenvalue weighted by atomic mass is 9.85. The third-order valence-electron chi connectivity index (χ3n) is 3.21. The first-order valence-corrected chi connectivity index (χ1v) is 6.18. The van der Waals surface area contributed by atoms with Crippen molar-refractivity contribution in [3.63, 3.8) is 0 Å². The molecule has 17 heavy (non-hydrogen) atoms. The van der Waals surface area contributed by atoms with Crippen molar-refractivity contribution >= 4 is 17.3 Å². The summed E-state index contributed by atoms with van der Waals surface area (Å²) in [4.78, 5) is 10.5. The third-order valence-corrected chi connectivity index (χ3v) is 3.45. The molecule has 1 fully saturated rings. The molecule has 2 rings (SSSR count). The zero-order valence-electron chi connectivity index (χ0n) is 9.49. The average Bonchev–Trinajstić information content (AvgIpc) is 2.21. The van der Waals surface area contributed by atoms with Crippen LogP contribution in [0.3, 0.4) is 0 Å². The lowest BCUT2D eigenvalue weighted by molar-refractivity contribution is -0.385. The fraction of sp³-hybridized carbons (Fsp3) is 0.500. The number of nitrogens with one attached hydrogen (secondary N) is 1. The highest BCUT2D eigenvalue weighted by atomic mass is 35.5. The number of halogens is 1. The van der Waals surface area contributed by atoms with Gasteiger partial charge in [-0.25, -0.2) is 0 Å². The Morgan fingerprint density at radius 3 is 2.82 bits per heavy atom. The maximum absolute atomic E-state index is 10.8.